The van der Waals surface area contributed by atoms with Gasteiger partial charge in [-0.25, -0.2) is 14.2 Å². The Bertz CT molecular complexity index is 914. The molecule has 0 aliphatic rings. The van der Waals surface area contributed by atoms with Crippen molar-refractivity contribution in [2.45, 2.75) is 45.2 Å². The molecule has 0 fully saturated rings. The summed E-state index contributed by atoms with van der Waals surface area (Å²) >= 11 is 0. The number of rotatable bonds is 9. The Balaban J connectivity index is 2.14. The van der Waals surface area contributed by atoms with Crippen LogP contribution in [-0.2, 0) is 18.3 Å². The first-order chi connectivity index (χ1) is 13.3. The molecular formula is C20H25N3O5. The summed E-state index contributed by atoms with van der Waals surface area (Å²) in [6.07, 6.45) is 2.51. The lowest BCUT2D eigenvalue weighted by atomic mass is 10.00. The number of carbonyl (C=O) groups excluding carboxylic acids is 2. The SMILES string of the molecule is CCC(=O)[C@H](CCc1ccccc1)N[C@@H](C)C(=O)n1cc(C(=O)O)n(C)c1=O. The number of aryl methyl sites for hydroxylation is 1. The number of ketones is 1. The average molecular weight is 387 g/mol. The van der Waals surface area contributed by atoms with Gasteiger partial charge >= 0.3 is 11.7 Å². The van der Waals surface area contributed by atoms with Crippen molar-refractivity contribution < 1.29 is 19.5 Å². The van der Waals surface area contributed by atoms with Crippen molar-refractivity contribution in [3.63, 3.8) is 0 Å². The van der Waals surface area contributed by atoms with E-state index in [1.165, 1.54) is 7.05 Å². The third-order valence-electron chi connectivity index (χ3n) is 4.69. The van der Waals surface area contributed by atoms with Crippen LogP contribution in [0.5, 0.6) is 0 Å². The highest BCUT2D eigenvalue weighted by Gasteiger charge is 2.26. The Labute approximate surface area is 162 Å². The van der Waals surface area contributed by atoms with E-state index >= 15 is 0 Å². The highest BCUT2D eigenvalue weighted by atomic mass is 16.4. The molecule has 2 atom stereocenters. The van der Waals surface area contributed by atoms with Gasteiger partial charge in [-0.05, 0) is 25.3 Å². The van der Waals surface area contributed by atoms with Crippen molar-refractivity contribution in [1.29, 1.82) is 0 Å². The van der Waals surface area contributed by atoms with Crippen molar-refractivity contribution in [1.82, 2.24) is 14.5 Å². The summed E-state index contributed by atoms with van der Waals surface area (Å²) in [6.45, 7) is 3.31. The van der Waals surface area contributed by atoms with Gasteiger partial charge in [-0.2, -0.15) is 0 Å². The minimum atomic E-state index is -1.30. The minimum Gasteiger partial charge on any atom is -0.477 e. The first-order valence-electron chi connectivity index (χ1n) is 9.14. The zero-order valence-electron chi connectivity index (χ0n) is 16.2. The smallest absolute Gasteiger partial charge is 0.354 e. The van der Waals surface area contributed by atoms with Gasteiger partial charge in [0.15, 0.2) is 0 Å². The Kier molecular flexibility index (Phi) is 7.06. The van der Waals surface area contributed by atoms with Gasteiger partial charge in [-0.15, -0.1) is 0 Å². The highest BCUT2D eigenvalue weighted by Crippen LogP contribution is 2.08. The molecule has 0 radical (unpaired) electrons. The van der Waals surface area contributed by atoms with Crippen LogP contribution in [0.2, 0.25) is 0 Å². The number of carboxylic acids is 1. The molecule has 1 aromatic carbocycles. The summed E-state index contributed by atoms with van der Waals surface area (Å²) in [6, 6.07) is 8.33. The maximum absolute atomic E-state index is 12.7. The predicted octanol–water partition coefficient (Wildman–Crippen LogP) is 1.48. The molecule has 1 heterocycles. The molecule has 2 N–H and O–H groups in total. The first kappa shape index (κ1) is 21.3. The molecule has 8 nitrogen and oxygen atoms in total. The number of hydrogen-bond acceptors (Lipinski definition) is 5. The third-order valence-corrected chi connectivity index (χ3v) is 4.69. The number of benzene rings is 1. The predicted molar refractivity (Wildman–Crippen MR) is 104 cm³/mol. The molecule has 28 heavy (non-hydrogen) atoms. The van der Waals surface area contributed by atoms with Crippen LogP contribution in [0.15, 0.2) is 41.3 Å². The summed E-state index contributed by atoms with van der Waals surface area (Å²) < 4.78 is 1.67. The fraction of sp³-hybridized carbons (Fsp3) is 0.400. The summed E-state index contributed by atoms with van der Waals surface area (Å²) in [4.78, 5) is 48.3. The van der Waals surface area contributed by atoms with Crippen molar-refractivity contribution >= 4 is 17.7 Å². The second-order valence-electron chi connectivity index (χ2n) is 6.65. The second kappa shape index (κ2) is 9.27. The van der Waals surface area contributed by atoms with Gasteiger partial charge in [0.05, 0.1) is 12.1 Å². The number of aromatic carboxylic acids is 1. The van der Waals surface area contributed by atoms with Crippen LogP contribution in [0.25, 0.3) is 0 Å². The second-order valence-corrected chi connectivity index (χ2v) is 6.65. The van der Waals surface area contributed by atoms with Crippen molar-refractivity contribution in [3.05, 3.63) is 58.3 Å². The number of carbonyl (C=O) groups is 3. The van der Waals surface area contributed by atoms with Crippen LogP contribution < -0.4 is 11.0 Å². The zero-order chi connectivity index (χ0) is 20.8. The highest BCUT2D eigenvalue weighted by molar-refractivity contribution is 5.90. The quantitative estimate of drug-likeness (QED) is 0.674. The number of Topliss-reactive ketones (excluding diaryl/α,β-unsaturated/α-hetero) is 1. The summed E-state index contributed by atoms with van der Waals surface area (Å²) in [5.74, 6) is -1.93. The maximum atomic E-state index is 12.7. The largest absolute Gasteiger partial charge is 0.477 e. The van der Waals surface area contributed by atoms with Gasteiger partial charge in [-0.1, -0.05) is 37.3 Å². The normalized spacial score (nSPS) is 13.1. The van der Waals surface area contributed by atoms with E-state index in [1.54, 1.807) is 13.8 Å². The molecule has 0 saturated carbocycles. The van der Waals surface area contributed by atoms with Crippen LogP contribution in [-0.4, -0.2) is 44.0 Å². The molecule has 0 aliphatic heterocycles. The van der Waals surface area contributed by atoms with Gasteiger partial charge in [0.2, 0.25) is 0 Å². The topological polar surface area (TPSA) is 110 Å². The lowest BCUT2D eigenvalue weighted by Gasteiger charge is -2.21. The van der Waals surface area contributed by atoms with E-state index < -0.39 is 29.6 Å². The molecular weight excluding hydrogens is 362 g/mol. The van der Waals surface area contributed by atoms with E-state index in [9.17, 15) is 19.2 Å². The number of aromatic nitrogens is 2. The Morgan fingerprint density at radius 3 is 2.36 bits per heavy atom. The van der Waals surface area contributed by atoms with E-state index in [1.807, 2.05) is 30.3 Å². The molecule has 2 aromatic rings. The molecule has 150 valence electrons. The lowest BCUT2D eigenvalue weighted by Crippen LogP contribution is -2.48. The van der Waals surface area contributed by atoms with Crippen molar-refractivity contribution in [2.24, 2.45) is 7.05 Å². The first-order valence-corrected chi connectivity index (χ1v) is 9.14. The van der Waals surface area contributed by atoms with Crippen molar-refractivity contribution in [2.75, 3.05) is 0 Å². The van der Waals surface area contributed by atoms with Gasteiger partial charge < -0.3 is 5.11 Å². The number of hydrogen-bond donors (Lipinski definition) is 2. The molecule has 0 spiro atoms. The van der Waals surface area contributed by atoms with Crippen LogP contribution in [0.3, 0.4) is 0 Å². The van der Waals surface area contributed by atoms with Crippen LogP contribution in [0.4, 0.5) is 0 Å². The van der Waals surface area contributed by atoms with E-state index in [-0.39, 0.29) is 11.5 Å². The van der Waals surface area contributed by atoms with E-state index in [0.29, 0.717) is 19.3 Å². The van der Waals surface area contributed by atoms with Crippen LogP contribution in [0, 0.1) is 0 Å². The molecule has 0 bridgehead atoms. The lowest BCUT2D eigenvalue weighted by molar-refractivity contribution is -0.121. The molecule has 1 aromatic heterocycles. The van der Waals surface area contributed by atoms with Gasteiger partial charge in [-0.3, -0.25) is 19.5 Å². The standard InChI is InChI=1S/C20H25N3O5/c1-4-17(24)15(11-10-14-8-6-5-7-9-14)21-13(2)18(25)23-12-16(19(26)27)22(3)20(23)28/h5-9,12-13,15,21H,4,10-11H2,1-3H3,(H,26,27)/t13-,15-/m0/s1. The molecule has 0 saturated heterocycles. The Morgan fingerprint density at radius 1 is 1.18 bits per heavy atom. The van der Waals surface area contributed by atoms with Gasteiger partial charge in [0.25, 0.3) is 5.91 Å². The number of carboxylic acid groups (broad SMARTS) is 1. The summed E-state index contributed by atoms with van der Waals surface area (Å²) in [5, 5.41) is 12.1. The number of imidazole rings is 1. The van der Waals surface area contributed by atoms with Crippen LogP contribution in [0.1, 0.15) is 47.5 Å². The molecule has 0 unspecified atom stereocenters. The maximum Gasteiger partial charge on any atom is 0.354 e. The van der Waals surface area contributed by atoms with E-state index in [4.69, 9.17) is 5.11 Å². The monoisotopic (exact) mass is 387 g/mol. The van der Waals surface area contributed by atoms with Crippen molar-refractivity contribution in [3.8, 4) is 0 Å². The molecule has 0 amide bonds. The van der Waals surface area contributed by atoms with E-state index in [2.05, 4.69) is 5.32 Å². The third kappa shape index (κ3) is 4.83. The summed E-state index contributed by atoms with van der Waals surface area (Å²) in [7, 11) is 1.29. The van der Waals surface area contributed by atoms with E-state index in [0.717, 1.165) is 20.9 Å². The Morgan fingerprint density at radius 2 is 1.82 bits per heavy atom. The van der Waals surface area contributed by atoms with Crippen LogP contribution >= 0.6 is 0 Å². The van der Waals surface area contributed by atoms with Gasteiger partial charge in [0, 0.05) is 19.7 Å². The molecule has 2 rings (SSSR count). The average Bonchev–Trinajstić information content (AvgIpc) is 2.99. The minimum absolute atomic E-state index is 0.0257. The fourth-order valence-corrected chi connectivity index (χ4v) is 3.01. The summed E-state index contributed by atoms with van der Waals surface area (Å²) in [5.41, 5.74) is 0.0667. The Hall–Kier alpha value is -3.00. The molecule has 0 aliphatic carbocycles. The number of nitrogens with one attached hydrogen (secondary N) is 1. The van der Waals surface area contributed by atoms with Gasteiger partial charge in [0.1, 0.15) is 11.5 Å². The fourth-order valence-electron chi connectivity index (χ4n) is 3.01. The number of nitrogens with zero attached hydrogens (tertiary/aromatic N) is 2. The zero-order valence-corrected chi connectivity index (χ0v) is 16.2. The molecule has 8 heteroatoms.